The molecule has 1 aliphatic heterocycles. The van der Waals surface area contributed by atoms with E-state index in [4.69, 9.17) is 4.74 Å². The SMILES string of the molecule is C[C@@H]1CN(c2nccc(Nc3cc(-c4ccc(F)cc4)[nH]n3)n2)C[C@H](C)O1. The third-order valence-corrected chi connectivity index (χ3v) is 4.33. The number of nitrogens with zero attached hydrogens (tertiary/aromatic N) is 4. The van der Waals surface area contributed by atoms with Gasteiger partial charge < -0.3 is 15.0 Å². The summed E-state index contributed by atoms with van der Waals surface area (Å²) in [4.78, 5) is 11.1. The first-order valence-corrected chi connectivity index (χ1v) is 8.88. The Bertz CT molecular complexity index is 903. The fourth-order valence-corrected chi connectivity index (χ4v) is 3.21. The molecule has 0 saturated carbocycles. The summed E-state index contributed by atoms with van der Waals surface area (Å²) in [7, 11) is 0. The molecule has 27 heavy (non-hydrogen) atoms. The van der Waals surface area contributed by atoms with Crippen LogP contribution in [0.2, 0.25) is 0 Å². The maximum absolute atomic E-state index is 13.1. The van der Waals surface area contributed by atoms with Crippen LogP contribution in [0.3, 0.4) is 0 Å². The minimum absolute atomic E-state index is 0.138. The molecule has 1 aliphatic rings. The molecule has 2 aromatic heterocycles. The Morgan fingerprint density at radius 3 is 2.59 bits per heavy atom. The molecule has 1 saturated heterocycles. The fraction of sp³-hybridized carbons (Fsp3) is 0.316. The third kappa shape index (κ3) is 4.06. The van der Waals surface area contributed by atoms with Gasteiger partial charge in [-0.3, -0.25) is 5.10 Å². The lowest BCUT2D eigenvalue weighted by molar-refractivity contribution is -0.00571. The molecule has 7 nitrogen and oxygen atoms in total. The van der Waals surface area contributed by atoms with Crippen LogP contribution in [0.25, 0.3) is 11.3 Å². The quantitative estimate of drug-likeness (QED) is 0.735. The van der Waals surface area contributed by atoms with Crippen molar-refractivity contribution in [3.05, 3.63) is 48.4 Å². The summed E-state index contributed by atoms with van der Waals surface area (Å²) in [5.74, 6) is 1.68. The molecule has 4 rings (SSSR count). The van der Waals surface area contributed by atoms with Gasteiger partial charge in [0.2, 0.25) is 5.95 Å². The number of aromatic amines is 1. The standard InChI is InChI=1S/C19H21FN6O/c1-12-10-26(11-13(2)27-12)19-21-8-7-17(23-19)22-18-9-16(24-25-18)14-3-5-15(20)6-4-14/h3-9,12-13H,10-11H2,1-2H3,(H2,21,22,23,24,25)/t12-,13+. The topological polar surface area (TPSA) is 79.0 Å². The molecular formula is C19H21FN6O. The van der Waals surface area contributed by atoms with Crippen molar-refractivity contribution in [2.75, 3.05) is 23.3 Å². The van der Waals surface area contributed by atoms with Gasteiger partial charge in [-0.1, -0.05) is 0 Å². The number of halogens is 1. The highest BCUT2D eigenvalue weighted by Gasteiger charge is 2.24. The zero-order valence-electron chi connectivity index (χ0n) is 15.2. The summed E-state index contributed by atoms with van der Waals surface area (Å²) in [6, 6.07) is 9.90. The van der Waals surface area contributed by atoms with Gasteiger partial charge in [0.1, 0.15) is 11.6 Å². The van der Waals surface area contributed by atoms with Gasteiger partial charge in [0, 0.05) is 25.4 Å². The first-order valence-electron chi connectivity index (χ1n) is 8.88. The molecule has 8 heteroatoms. The molecular weight excluding hydrogens is 347 g/mol. The molecule has 0 radical (unpaired) electrons. The average molecular weight is 368 g/mol. The van der Waals surface area contributed by atoms with E-state index in [0.29, 0.717) is 17.6 Å². The monoisotopic (exact) mass is 368 g/mol. The molecule has 1 aromatic carbocycles. The van der Waals surface area contributed by atoms with Gasteiger partial charge in [0.15, 0.2) is 5.82 Å². The Labute approximate surface area is 156 Å². The number of ether oxygens (including phenoxy) is 1. The summed E-state index contributed by atoms with van der Waals surface area (Å²) >= 11 is 0. The molecule has 3 aromatic rings. The second-order valence-corrected chi connectivity index (χ2v) is 6.70. The first kappa shape index (κ1) is 17.4. The zero-order chi connectivity index (χ0) is 18.8. The molecule has 0 amide bonds. The van der Waals surface area contributed by atoms with Gasteiger partial charge in [-0.25, -0.2) is 9.37 Å². The van der Waals surface area contributed by atoms with E-state index in [2.05, 4.69) is 30.4 Å². The van der Waals surface area contributed by atoms with Crippen molar-refractivity contribution >= 4 is 17.6 Å². The molecule has 2 atom stereocenters. The summed E-state index contributed by atoms with van der Waals surface area (Å²) in [5.41, 5.74) is 1.65. The summed E-state index contributed by atoms with van der Waals surface area (Å²) < 4.78 is 18.8. The number of hydrogen-bond acceptors (Lipinski definition) is 6. The maximum atomic E-state index is 13.1. The smallest absolute Gasteiger partial charge is 0.227 e. The number of benzene rings is 1. The predicted octanol–water partition coefficient (Wildman–Crippen LogP) is 3.36. The second-order valence-electron chi connectivity index (χ2n) is 6.70. The van der Waals surface area contributed by atoms with Crippen molar-refractivity contribution in [3.8, 4) is 11.3 Å². The minimum Gasteiger partial charge on any atom is -0.372 e. The first-order chi connectivity index (χ1) is 13.1. The molecule has 0 aliphatic carbocycles. The normalized spacial score (nSPS) is 19.9. The van der Waals surface area contributed by atoms with E-state index in [9.17, 15) is 4.39 Å². The van der Waals surface area contributed by atoms with Crippen molar-refractivity contribution in [1.82, 2.24) is 20.2 Å². The largest absolute Gasteiger partial charge is 0.372 e. The molecule has 2 N–H and O–H groups in total. The predicted molar refractivity (Wildman–Crippen MR) is 102 cm³/mol. The lowest BCUT2D eigenvalue weighted by atomic mass is 10.1. The third-order valence-electron chi connectivity index (χ3n) is 4.33. The number of H-pyrrole nitrogens is 1. The Hall–Kier alpha value is -3.00. The van der Waals surface area contributed by atoms with Gasteiger partial charge in [-0.05, 0) is 49.7 Å². The van der Waals surface area contributed by atoms with Crippen LogP contribution >= 0.6 is 0 Å². The lowest BCUT2D eigenvalue weighted by Crippen LogP contribution is -2.46. The van der Waals surface area contributed by atoms with Crippen molar-refractivity contribution in [3.63, 3.8) is 0 Å². The van der Waals surface area contributed by atoms with Crippen LogP contribution in [0.1, 0.15) is 13.8 Å². The minimum atomic E-state index is -0.267. The fourth-order valence-electron chi connectivity index (χ4n) is 3.21. The lowest BCUT2D eigenvalue weighted by Gasteiger charge is -2.35. The number of nitrogens with one attached hydrogen (secondary N) is 2. The van der Waals surface area contributed by atoms with Crippen LogP contribution in [-0.2, 0) is 4.74 Å². The molecule has 3 heterocycles. The van der Waals surface area contributed by atoms with E-state index in [1.807, 2.05) is 19.9 Å². The van der Waals surface area contributed by atoms with Crippen molar-refractivity contribution < 1.29 is 9.13 Å². The van der Waals surface area contributed by atoms with Crippen LogP contribution in [-0.4, -0.2) is 45.5 Å². The zero-order valence-corrected chi connectivity index (χ0v) is 15.2. The van der Waals surface area contributed by atoms with Crippen molar-refractivity contribution in [1.29, 1.82) is 0 Å². The number of rotatable bonds is 4. The van der Waals surface area contributed by atoms with Gasteiger partial charge in [-0.2, -0.15) is 10.1 Å². The Kier molecular flexibility index (Phi) is 4.72. The van der Waals surface area contributed by atoms with Crippen LogP contribution in [0, 0.1) is 5.82 Å². The van der Waals surface area contributed by atoms with Gasteiger partial charge in [0.05, 0.1) is 17.9 Å². The van der Waals surface area contributed by atoms with E-state index < -0.39 is 0 Å². The van der Waals surface area contributed by atoms with Crippen LogP contribution < -0.4 is 10.2 Å². The highest BCUT2D eigenvalue weighted by atomic mass is 19.1. The number of morpholine rings is 1. The maximum Gasteiger partial charge on any atom is 0.227 e. The molecule has 140 valence electrons. The van der Waals surface area contributed by atoms with E-state index in [-0.39, 0.29) is 18.0 Å². The van der Waals surface area contributed by atoms with Gasteiger partial charge in [-0.15, -0.1) is 0 Å². The Morgan fingerprint density at radius 1 is 1.11 bits per heavy atom. The summed E-state index contributed by atoms with van der Waals surface area (Å²) in [5, 5.41) is 10.4. The Balaban J connectivity index is 1.49. The number of hydrogen-bond donors (Lipinski definition) is 2. The van der Waals surface area contributed by atoms with E-state index in [0.717, 1.165) is 24.3 Å². The number of anilines is 3. The number of aromatic nitrogens is 4. The van der Waals surface area contributed by atoms with E-state index in [1.54, 1.807) is 24.4 Å². The summed E-state index contributed by atoms with van der Waals surface area (Å²) in [6.07, 6.45) is 2.00. The van der Waals surface area contributed by atoms with E-state index >= 15 is 0 Å². The van der Waals surface area contributed by atoms with Gasteiger partial charge in [0.25, 0.3) is 0 Å². The molecule has 1 fully saturated rings. The summed E-state index contributed by atoms with van der Waals surface area (Å²) in [6.45, 7) is 5.60. The van der Waals surface area contributed by atoms with Crippen molar-refractivity contribution in [2.45, 2.75) is 26.1 Å². The average Bonchev–Trinajstić information content (AvgIpc) is 3.10. The highest BCUT2D eigenvalue weighted by molar-refractivity contribution is 5.65. The van der Waals surface area contributed by atoms with Crippen LogP contribution in [0.5, 0.6) is 0 Å². The second kappa shape index (κ2) is 7.32. The Morgan fingerprint density at radius 2 is 1.85 bits per heavy atom. The molecule has 0 bridgehead atoms. The molecule has 0 unspecified atom stereocenters. The van der Waals surface area contributed by atoms with Crippen LogP contribution in [0.4, 0.5) is 22.0 Å². The highest BCUT2D eigenvalue weighted by Crippen LogP contribution is 2.23. The van der Waals surface area contributed by atoms with Gasteiger partial charge >= 0.3 is 0 Å². The molecule has 0 spiro atoms. The van der Waals surface area contributed by atoms with E-state index in [1.165, 1.54) is 12.1 Å². The van der Waals surface area contributed by atoms with Crippen LogP contribution in [0.15, 0.2) is 42.6 Å². The van der Waals surface area contributed by atoms with Crippen molar-refractivity contribution in [2.24, 2.45) is 0 Å².